The highest BCUT2D eigenvalue weighted by molar-refractivity contribution is 5.97. The molecule has 1 N–H and O–H groups in total. The van der Waals surface area contributed by atoms with Crippen molar-refractivity contribution in [2.24, 2.45) is 0 Å². The summed E-state index contributed by atoms with van der Waals surface area (Å²) >= 11 is 0. The van der Waals surface area contributed by atoms with Gasteiger partial charge in [0.05, 0.1) is 22.7 Å². The van der Waals surface area contributed by atoms with Crippen LogP contribution in [0.15, 0.2) is 78.9 Å². The van der Waals surface area contributed by atoms with Gasteiger partial charge in [-0.1, -0.05) is 24.3 Å². The van der Waals surface area contributed by atoms with Gasteiger partial charge < -0.3 is 14.4 Å². The van der Waals surface area contributed by atoms with E-state index in [0.717, 1.165) is 38.8 Å². The highest BCUT2D eigenvalue weighted by Crippen LogP contribution is 2.30. The Labute approximate surface area is 189 Å². The minimum atomic E-state index is -1.03. The van der Waals surface area contributed by atoms with Gasteiger partial charge in [-0.15, -0.1) is 0 Å². The molecule has 0 fully saturated rings. The molecule has 6 heteroatoms. The van der Waals surface area contributed by atoms with Crippen molar-refractivity contribution in [1.82, 2.24) is 9.55 Å². The Morgan fingerprint density at radius 2 is 1.82 bits per heavy atom. The van der Waals surface area contributed by atoms with E-state index < -0.39 is 5.97 Å². The van der Waals surface area contributed by atoms with Crippen LogP contribution >= 0.6 is 0 Å². The number of nitriles is 1. The third-order valence-electron chi connectivity index (χ3n) is 5.60. The van der Waals surface area contributed by atoms with Crippen LogP contribution in [0.5, 0.6) is 5.75 Å². The highest BCUT2D eigenvalue weighted by atomic mass is 16.5. The van der Waals surface area contributed by atoms with Crippen molar-refractivity contribution in [3.8, 4) is 17.5 Å². The molecular weight excluding hydrogens is 414 g/mol. The minimum absolute atomic E-state index is 0.146. The molecule has 0 amide bonds. The summed E-state index contributed by atoms with van der Waals surface area (Å²) in [7, 11) is 0. The number of ether oxygens (including phenoxy) is 1. The summed E-state index contributed by atoms with van der Waals surface area (Å²) in [5.74, 6) is -0.293. The van der Waals surface area contributed by atoms with Crippen LogP contribution in [0.25, 0.3) is 27.5 Å². The number of fused-ring (bicyclic) bond motifs is 2. The third kappa shape index (κ3) is 3.66. The Bertz CT molecular complexity index is 1560. The molecule has 0 bridgehead atoms. The lowest BCUT2D eigenvalue weighted by Crippen LogP contribution is -2.06. The highest BCUT2D eigenvalue weighted by Gasteiger charge is 2.18. The van der Waals surface area contributed by atoms with Gasteiger partial charge >= 0.3 is 5.97 Å². The Morgan fingerprint density at radius 3 is 2.58 bits per heavy atom. The molecule has 2 heterocycles. The van der Waals surface area contributed by atoms with Gasteiger partial charge in [0, 0.05) is 28.2 Å². The number of aromatic carboxylic acids is 1. The van der Waals surface area contributed by atoms with Crippen molar-refractivity contribution < 1.29 is 14.6 Å². The first kappa shape index (κ1) is 20.3. The summed E-state index contributed by atoms with van der Waals surface area (Å²) in [6.07, 6.45) is 0. The number of carboxylic acid groups (broad SMARTS) is 1. The molecule has 5 rings (SSSR count). The van der Waals surface area contributed by atoms with Crippen LogP contribution < -0.4 is 4.74 Å². The van der Waals surface area contributed by atoms with Crippen LogP contribution in [0.1, 0.15) is 27.3 Å². The van der Waals surface area contributed by atoms with E-state index >= 15 is 0 Å². The maximum absolute atomic E-state index is 12.1. The number of aryl methyl sites for hydroxylation is 1. The standard InChI is InChI=1S/C27H19N3O3/c1-17-13-26(21-6-2-3-7-23(21)29-17)33-16-19-5-4-8-24-22(19)14-25(27(31)32)30(24)20-11-9-18(15-28)10-12-20/h2-14H,16H2,1H3,(H,31,32). The van der Waals surface area contributed by atoms with Crippen molar-refractivity contribution in [3.05, 3.63) is 101 Å². The SMILES string of the molecule is Cc1cc(OCc2cccc3c2cc(C(=O)O)n3-c2ccc(C#N)cc2)c2ccccc2n1. The average Bonchev–Trinajstić information content (AvgIpc) is 3.23. The summed E-state index contributed by atoms with van der Waals surface area (Å²) in [6.45, 7) is 2.21. The van der Waals surface area contributed by atoms with Crippen molar-refractivity contribution in [2.75, 3.05) is 0 Å². The number of hydrogen-bond acceptors (Lipinski definition) is 4. The second-order valence-electron chi connectivity index (χ2n) is 7.75. The molecule has 5 aromatic rings. The topological polar surface area (TPSA) is 88.1 Å². The van der Waals surface area contributed by atoms with E-state index in [1.807, 2.05) is 55.5 Å². The van der Waals surface area contributed by atoms with E-state index in [1.54, 1.807) is 34.9 Å². The number of aromatic nitrogens is 2. The fourth-order valence-corrected chi connectivity index (χ4v) is 4.08. The zero-order chi connectivity index (χ0) is 22.9. The summed E-state index contributed by atoms with van der Waals surface area (Å²) < 4.78 is 7.90. The predicted octanol–water partition coefficient (Wildman–Crippen LogP) is 5.64. The van der Waals surface area contributed by atoms with Gasteiger partial charge in [-0.05, 0) is 61.0 Å². The average molecular weight is 433 g/mol. The summed E-state index contributed by atoms with van der Waals surface area (Å²) in [5, 5.41) is 20.7. The minimum Gasteiger partial charge on any atom is -0.488 e. The molecule has 33 heavy (non-hydrogen) atoms. The smallest absolute Gasteiger partial charge is 0.352 e. The maximum Gasteiger partial charge on any atom is 0.352 e. The van der Waals surface area contributed by atoms with Crippen LogP contribution in [0.4, 0.5) is 0 Å². The van der Waals surface area contributed by atoms with E-state index in [0.29, 0.717) is 11.3 Å². The number of carboxylic acids is 1. The number of nitrogens with zero attached hydrogens (tertiary/aromatic N) is 3. The van der Waals surface area contributed by atoms with Crippen LogP contribution in [0.3, 0.4) is 0 Å². The van der Waals surface area contributed by atoms with Gasteiger partial charge in [-0.3, -0.25) is 4.98 Å². The molecule has 160 valence electrons. The molecule has 2 aromatic heterocycles. The van der Waals surface area contributed by atoms with E-state index in [1.165, 1.54) is 0 Å². The number of hydrogen-bond donors (Lipinski definition) is 1. The molecule has 6 nitrogen and oxygen atoms in total. The second-order valence-corrected chi connectivity index (χ2v) is 7.75. The van der Waals surface area contributed by atoms with Gasteiger partial charge in [0.1, 0.15) is 18.1 Å². The van der Waals surface area contributed by atoms with Gasteiger partial charge in [-0.25, -0.2) is 4.79 Å². The lowest BCUT2D eigenvalue weighted by molar-refractivity contribution is 0.0688. The van der Waals surface area contributed by atoms with Gasteiger partial charge in [0.2, 0.25) is 0 Å². The lowest BCUT2D eigenvalue weighted by atomic mass is 10.1. The summed E-state index contributed by atoms with van der Waals surface area (Å²) in [5.41, 5.74) is 4.70. The molecule has 0 unspecified atom stereocenters. The number of carbonyl (C=O) groups is 1. The molecule has 0 atom stereocenters. The first-order chi connectivity index (χ1) is 16.0. The van der Waals surface area contributed by atoms with Crippen molar-refractivity contribution in [1.29, 1.82) is 5.26 Å². The molecule has 0 spiro atoms. The largest absolute Gasteiger partial charge is 0.488 e. The number of benzene rings is 3. The molecule has 0 saturated carbocycles. The quantitative estimate of drug-likeness (QED) is 0.388. The molecule has 0 saturated heterocycles. The second kappa shape index (κ2) is 8.13. The first-order valence-corrected chi connectivity index (χ1v) is 10.4. The number of pyridine rings is 1. The Morgan fingerprint density at radius 1 is 1.03 bits per heavy atom. The molecular formula is C27H19N3O3. The van der Waals surface area contributed by atoms with Crippen LogP contribution in [0, 0.1) is 18.3 Å². The van der Waals surface area contributed by atoms with E-state index in [2.05, 4.69) is 11.1 Å². The fraction of sp³-hybridized carbons (Fsp3) is 0.0741. The molecule has 0 aliphatic rings. The number of rotatable bonds is 5. The van der Waals surface area contributed by atoms with Crippen LogP contribution in [-0.2, 0) is 6.61 Å². The summed E-state index contributed by atoms with van der Waals surface area (Å²) in [4.78, 5) is 16.6. The zero-order valence-electron chi connectivity index (χ0n) is 17.8. The van der Waals surface area contributed by atoms with E-state index in [9.17, 15) is 9.90 Å². The lowest BCUT2D eigenvalue weighted by Gasteiger charge is -2.12. The predicted molar refractivity (Wildman–Crippen MR) is 126 cm³/mol. The molecule has 0 aliphatic heterocycles. The Hall–Kier alpha value is -4.63. The van der Waals surface area contributed by atoms with Crippen LogP contribution in [-0.4, -0.2) is 20.6 Å². The Balaban J connectivity index is 1.58. The molecule has 0 aliphatic carbocycles. The molecule has 3 aromatic carbocycles. The zero-order valence-corrected chi connectivity index (χ0v) is 17.8. The molecule has 0 radical (unpaired) electrons. The Kier molecular flexibility index (Phi) is 5.00. The van der Waals surface area contributed by atoms with Crippen molar-refractivity contribution >= 4 is 27.8 Å². The normalized spacial score (nSPS) is 10.9. The van der Waals surface area contributed by atoms with E-state index in [4.69, 9.17) is 10.00 Å². The van der Waals surface area contributed by atoms with Gasteiger partial charge in [0.25, 0.3) is 0 Å². The maximum atomic E-state index is 12.1. The van der Waals surface area contributed by atoms with Crippen molar-refractivity contribution in [3.63, 3.8) is 0 Å². The number of para-hydroxylation sites is 1. The fourth-order valence-electron chi connectivity index (χ4n) is 4.08. The van der Waals surface area contributed by atoms with Gasteiger partial charge in [-0.2, -0.15) is 5.26 Å². The van der Waals surface area contributed by atoms with Crippen LogP contribution in [0.2, 0.25) is 0 Å². The van der Waals surface area contributed by atoms with Gasteiger partial charge in [0.15, 0.2) is 0 Å². The van der Waals surface area contributed by atoms with Crippen molar-refractivity contribution in [2.45, 2.75) is 13.5 Å². The monoisotopic (exact) mass is 433 g/mol. The third-order valence-corrected chi connectivity index (χ3v) is 5.60. The first-order valence-electron chi connectivity index (χ1n) is 10.4. The van der Waals surface area contributed by atoms with E-state index in [-0.39, 0.29) is 12.3 Å². The summed E-state index contributed by atoms with van der Waals surface area (Å²) in [6, 6.07) is 26.0.